The van der Waals surface area contributed by atoms with Crippen molar-refractivity contribution in [3.63, 3.8) is 0 Å². The number of hydrogen-bond donors (Lipinski definition) is 0. The Bertz CT molecular complexity index is 1090. The summed E-state index contributed by atoms with van der Waals surface area (Å²) < 4.78 is 13.2. The Kier molecular flexibility index (Phi) is 4.02. The molecule has 0 unspecified atom stereocenters. The highest BCUT2D eigenvalue weighted by Crippen LogP contribution is 2.20. The van der Waals surface area contributed by atoms with Crippen LogP contribution >= 0.6 is 0 Å². The van der Waals surface area contributed by atoms with E-state index >= 15 is 0 Å². The van der Waals surface area contributed by atoms with E-state index in [2.05, 4.69) is 19.9 Å². The summed E-state index contributed by atoms with van der Waals surface area (Å²) in [4.78, 5) is 20.1. The number of rotatable bonds is 4. The molecule has 0 N–H and O–H groups in total. The fourth-order valence-electron chi connectivity index (χ4n) is 3.19. The van der Waals surface area contributed by atoms with Crippen LogP contribution in [0.1, 0.15) is 5.69 Å². The predicted octanol–water partition coefficient (Wildman–Crippen LogP) is 2.09. The number of para-hydroxylation sites is 1. The van der Waals surface area contributed by atoms with Crippen LogP contribution in [0.5, 0.6) is 6.01 Å². The predicted molar refractivity (Wildman–Crippen MR) is 99.9 cm³/mol. The van der Waals surface area contributed by atoms with Crippen LogP contribution in [-0.4, -0.2) is 50.6 Å². The van der Waals surface area contributed by atoms with Crippen LogP contribution in [0.15, 0.2) is 49.1 Å². The first-order valence-electron chi connectivity index (χ1n) is 8.87. The van der Waals surface area contributed by atoms with Crippen molar-refractivity contribution >= 4 is 22.4 Å². The van der Waals surface area contributed by atoms with Gasteiger partial charge in [0.2, 0.25) is 0 Å². The average Bonchev–Trinajstić information content (AvgIpc) is 3.16. The van der Waals surface area contributed by atoms with E-state index in [0.29, 0.717) is 25.8 Å². The van der Waals surface area contributed by atoms with E-state index in [4.69, 9.17) is 14.5 Å². The number of imidazole rings is 1. The minimum absolute atomic E-state index is 0.294. The van der Waals surface area contributed by atoms with Gasteiger partial charge in [0, 0.05) is 43.3 Å². The van der Waals surface area contributed by atoms with Crippen molar-refractivity contribution in [3.8, 4) is 6.01 Å². The van der Waals surface area contributed by atoms with Crippen LogP contribution in [0.25, 0.3) is 16.6 Å². The lowest BCUT2D eigenvalue weighted by Crippen LogP contribution is -2.37. The van der Waals surface area contributed by atoms with Gasteiger partial charge in [-0.3, -0.25) is 0 Å². The second kappa shape index (κ2) is 6.81. The molecule has 0 amide bonds. The lowest BCUT2D eigenvalue weighted by atomic mass is 10.2. The van der Waals surface area contributed by atoms with E-state index in [-0.39, 0.29) is 0 Å². The van der Waals surface area contributed by atoms with Gasteiger partial charge in [0.15, 0.2) is 11.5 Å². The van der Waals surface area contributed by atoms with Gasteiger partial charge in [-0.1, -0.05) is 18.2 Å². The van der Waals surface area contributed by atoms with E-state index in [0.717, 1.165) is 41.2 Å². The maximum absolute atomic E-state index is 5.76. The molecule has 1 aliphatic heterocycles. The van der Waals surface area contributed by atoms with Crippen molar-refractivity contribution in [1.29, 1.82) is 0 Å². The highest BCUT2D eigenvalue weighted by Gasteiger charge is 2.17. The van der Waals surface area contributed by atoms with Crippen LogP contribution in [0.2, 0.25) is 0 Å². The number of morpholine rings is 1. The molecule has 4 heterocycles. The molecular formula is C19H18N6O2. The number of fused-ring (bicyclic) bond motifs is 2. The summed E-state index contributed by atoms with van der Waals surface area (Å²) in [6.45, 7) is 3.34. The first-order chi connectivity index (χ1) is 13.4. The molecular weight excluding hydrogens is 344 g/mol. The summed E-state index contributed by atoms with van der Waals surface area (Å²) in [6, 6.07) is 8.16. The normalized spacial score (nSPS) is 14.7. The summed E-state index contributed by atoms with van der Waals surface area (Å²) in [7, 11) is 0. The van der Waals surface area contributed by atoms with Gasteiger partial charge in [0.25, 0.3) is 0 Å². The molecule has 136 valence electrons. The van der Waals surface area contributed by atoms with Crippen LogP contribution in [-0.2, 0) is 11.3 Å². The molecule has 8 heteroatoms. The zero-order chi connectivity index (χ0) is 18.1. The first kappa shape index (κ1) is 16.0. The second-order valence-electron chi connectivity index (χ2n) is 6.31. The SMILES string of the molecule is c1ccc2nc(OCc3cn4ccnc(N5CCOCC5)c4n3)ncc2c1. The quantitative estimate of drug-likeness (QED) is 0.550. The Hall–Kier alpha value is -3.26. The van der Waals surface area contributed by atoms with E-state index in [1.807, 2.05) is 41.1 Å². The van der Waals surface area contributed by atoms with Crippen LogP contribution in [0.3, 0.4) is 0 Å². The average molecular weight is 362 g/mol. The third-order valence-electron chi connectivity index (χ3n) is 4.53. The second-order valence-corrected chi connectivity index (χ2v) is 6.31. The minimum Gasteiger partial charge on any atom is -0.457 e. The molecule has 0 aliphatic carbocycles. The van der Waals surface area contributed by atoms with Gasteiger partial charge in [0.05, 0.1) is 24.4 Å². The van der Waals surface area contributed by atoms with Gasteiger partial charge in [-0.25, -0.2) is 15.0 Å². The van der Waals surface area contributed by atoms with Gasteiger partial charge in [-0.2, -0.15) is 4.98 Å². The van der Waals surface area contributed by atoms with Crippen LogP contribution < -0.4 is 9.64 Å². The summed E-state index contributed by atoms with van der Waals surface area (Å²) in [6.07, 6.45) is 7.39. The maximum Gasteiger partial charge on any atom is 0.317 e. The number of nitrogens with zero attached hydrogens (tertiary/aromatic N) is 6. The van der Waals surface area contributed by atoms with E-state index in [1.54, 1.807) is 12.4 Å². The Labute approximate surface area is 155 Å². The number of ether oxygens (including phenoxy) is 2. The molecule has 1 aliphatic rings. The Morgan fingerprint density at radius 1 is 1.07 bits per heavy atom. The molecule has 0 atom stereocenters. The molecule has 0 saturated carbocycles. The molecule has 1 aromatic carbocycles. The van der Waals surface area contributed by atoms with E-state index in [1.165, 1.54) is 0 Å². The number of anilines is 1. The Morgan fingerprint density at radius 2 is 1.96 bits per heavy atom. The highest BCUT2D eigenvalue weighted by molar-refractivity contribution is 5.77. The molecule has 5 rings (SSSR count). The van der Waals surface area contributed by atoms with E-state index < -0.39 is 0 Å². The maximum atomic E-state index is 5.76. The van der Waals surface area contributed by atoms with Gasteiger partial charge >= 0.3 is 6.01 Å². The Morgan fingerprint density at radius 3 is 2.89 bits per heavy atom. The van der Waals surface area contributed by atoms with Crippen LogP contribution in [0, 0.1) is 0 Å². The third kappa shape index (κ3) is 3.15. The number of aromatic nitrogens is 5. The number of benzene rings is 1. The summed E-state index contributed by atoms with van der Waals surface area (Å²) in [5.74, 6) is 0.869. The molecule has 1 fully saturated rings. The molecule has 0 bridgehead atoms. The van der Waals surface area contributed by atoms with Crippen molar-refractivity contribution in [2.45, 2.75) is 6.61 Å². The van der Waals surface area contributed by atoms with E-state index in [9.17, 15) is 0 Å². The van der Waals surface area contributed by atoms with Crippen molar-refractivity contribution in [2.24, 2.45) is 0 Å². The fourth-order valence-corrected chi connectivity index (χ4v) is 3.19. The summed E-state index contributed by atoms with van der Waals surface area (Å²) >= 11 is 0. The molecule has 0 spiro atoms. The van der Waals surface area contributed by atoms with Gasteiger partial charge in [0.1, 0.15) is 6.61 Å². The van der Waals surface area contributed by atoms with Gasteiger partial charge in [-0.05, 0) is 6.07 Å². The highest BCUT2D eigenvalue weighted by atomic mass is 16.5. The van der Waals surface area contributed by atoms with Crippen molar-refractivity contribution < 1.29 is 9.47 Å². The number of hydrogen-bond acceptors (Lipinski definition) is 7. The van der Waals surface area contributed by atoms with Crippen molar-refractivity contribution in [1.82, 2.24) is 24.3 Å². The topological polar surface area (TPSA) is 77.7 Å². The Balaban J connectivity index is 1.38. The molecule has 4 aromatic rings. The van der Waals surface area contributed by atoms with Crippen molar-refractivity contribution in [3.05, 3.63) is 54.7 Å². The molecule has 27 heavy (non-hydrogen) atoms. The minimum atomic E-state index is 0.294. The first-order valence-corrected chi connectivity index (χ1v) is 8.87. The summed E-state index contributed by atoms with van der Waals surface area (Å²) in [5.41, 5.74) is 2.48. The van der Waals surface area contributed by atoms with Gasteiger partial charge < -0.3 is 18.8 Å². The molecule has 0 radical (unpaired) electrons. The smallest absolute Gasteiger partial charge is 0.317 e. The molecule has 8 nitrogen and oxygen atoms in total. The van der Waals surface area contributed by atoms with Gasteiger partial charge in [-0.15, -0.1) is 0 Å². The standard InChI is InChI=1S/C19H18N6O2/c1-2-4-16-14(3-1)11-21-19(23-16)27-13-15-12-25-6-5-20-17(18(25)22-15)24-7-9-26-10-8-24/h1-6,11-12H,7-10,13H2. The largest absolute Gasteiger partial charge is 0.457 e. The monoisotopic (exact) mass is 362 g/mol. The lowest BCUT2D eigenvalue weighted by molar-refractivity contribution is 0.122. The molecule has 3 aromatic heterocycles. The summed E-state index contributed by atoms with van der Waals surface area (Å²) in [5, 5.41) is 0.985. The fraction of sp³-hybridized carbons (Fsp3) is 0.263. The van der Waals surface area contributed by atoms with Crippen LogP contribution in [0.4, 0.5) is 5.82 Å². The third-order valence-corrected chi connectivity index (χ3v) is 4.53. The molecule has 1 saturated heterocycles. The van der Waals surface area contributed by atoms with Crippen molar-refractivity contribution in [2.75, 3.05) is 31.2 Å². The lowest BCUT2D eigenvalue weighted by Gasteiger charge is -2.27. The zero-order valence-electron chi connectivity index (χ0n) is 14.7. The zero-order valence-corrected chi connectivity index (χ0v) is 14.7.